The van der Waals surface area contributed by atoms with E-state index < -0.39 is 0 Å². The predicted molar refractivity (Wildman–Crippen MR) is 57.5 cm³/mol. The second kappa shape index (κ2) is 4.36. The molecule has 2 aromatic rings. The zero-order valence-corrected chi connectivity index (χ0v) is 9.43. The van der Waals surface area contributed by atoms with Crippen molar-refractivity contribution >= 4 is 0 Å². The van der Waals surface area contributed by atoms with Crippen molar-refractivity contribution in [3.8, 4) is 11.5 Å². The van der Waals surface area contributed by atoms with Gasteiger partial charge in [-0.05, 0) is 27.0 Å². The molecule has 16 heavy (non-hydrogen) atoms. The monoisotopic (exact) mass is 219 g/mol. The largest absolute Gasteiger partial charge is 0.337 e. The van der Waals surface area contributed by atoms with Crippen molar-refractivity contribution in [1.82, 2.24) is 25.4 Å². The molecule has 6 heteroatoms. The minimum Gasteiger partial charge on any atom is -0.337 e. The summed E-state index contributed by atoms with van der Waals surface area (Å²) in [7, 11) is 1.84. The van der Waals surface area contributed by atoms with Crippen molar-refractivity contribution in [2.24, 2.45) is 0 Å². The maximum absolute atomic E-state index is 5.13. The molecule has 0 bridgehead atoms. The highest BCUT2D eigenvalue weighted by molar-refractivity contribution is 5.46. The number of aromatic nitrogens is 4. The molecule has 1 atom stereocenters. The minimum atomic E-state index is 0.0317. The fourth-order valence-corrected chi connectivity index (χ4v) is 1.22. The summed E-state index contributed by atoms with van der Waals surface area (Å²) in [5.74, 6) is 1.72. The van der Waals surface area contributed by atoms with E-state index in [0.29, 0.717) is 23.2 Å². The zero-order chi connectivity index (χ0) is 11.5. The summed E-state index contributed by atoms with van der Waals surface area (Å²) in [5, 5.41) is 6.91. The molecule has 0 aliphatic heterocycles. The van der Waals surface area contributed by atoms with E-state index in [-0.39, 0.29) is 6.04 Å². The molecule has 6 nitrogen and oxygen atoms in total. The summed E-state index contributed by atoms with van der Waals surface area (Å²) in [6.07, 6.45) is 1.68. The van der Waals surface area contributed by atoms with E-state index in [4.69, 9.17) is 4.52 Å². The second-order valence-electron chi connectivity index (χ2n) is 3.46. The fourth-order valence-electron chi connectivity index (χ4n) is 1.22. The van der Waals surface area contributed by atoms with Gasteiger partial charge in [0.25, 0.3) is 0 Å². The molecule has 0 aliphatic rings. The summed E-state index contributed by atoms with van der Waals surface area (Å²) in [5.41, 5.74) is 0.672. The Morgan fingerprint density at radius 3 is 2.88 bits per heavy atom. The normalized spacial score (nSPS) is 12.7. The lowest BCUT2D eigenvalue weighted by molar-refractivity contribution is 0.347. The highest BCUT2D eigenvalue weighted by Crippen LogP contribution is 2.15. The summed E-state index contributed by atoms with van der Waals surface area (Å²) in [4.78, 5) is 12.5. The number of aryl methyl sites for hydroxylation is 1. The maximum Gasteiger partial charge on any atom is 0.243 e. The summed E-state index contributed by atoms with van der Waals surface area (Å²) in [6.45, 7) is 3.77. The van der Waals surface area contributed by atoms with Gasteiger partial charge in [-0.2, -0.15) is 4.98 Å². The molecule has 2 aromatic heterocycles. The van der Waals surface area contributed by atoms with E-state index in [9.17, 15) is 0 Å². The van der Waals surface area contributed by atoms with Gasteiger partial charge < -0.3 is 9.84 Å². The lowest BCUT2D eigenvalue weighted by Crippen LogP contribution is -2.12. The average molecular weight is 219 g/mol. The Morgan fingerprint density at radius 2 is 2.19 bits per heavy atom. The molecule has 2 rings (SSSR count). The van der Waals surface area contributed by atoms with Gasteiger partial charge in [0.05, 0.1) is 6.04 Å². The Hall–Kier alpha value is -1.82. The van der Waals surface area contributed by atoms with Gasteiger partial charge in [0, 0.05) is 6.20 Å². The van der Waals surface area contributed by atoms with Crippen molar-refractivity contribution in [3.05, 3.63) is 24.0 Å². The Bertz CT molecular complexity index is 482. The van der Waals surface area contributed by atoms with Crippen LogP contribution in [-0.4, -0.2) is 27.2 Å². The lowest BCUT2D eigenvalue weighted by Gasteiger charge is -2.01. The van der Waals surface area contributed by atoms with Crippen molar-refractivity contribution in [3.63, 3.8) is 0 Å². The number of hydrogen-bond donors (Lipinski definition) is 1. The molecule has 0 aliphatic carbocycles. The van der Waals surface area contributed by atoms with Crippen LogP contribution in [0.25, 0.3) is 11.5 Å². The molecule has 1 unspecified atom stereocenters. The van der Waals surface area contributed by atoms with Crippen LogP contribution >= 0.6 is 0 Å². The van der Waals surface area contributed by atoms with Crippen LogP contribution < -0.4 is 5.32 Å². The zero-order valence-electron chi connectivity index (χ0n) is 9.43. The molecule has 0 amide bonds. The standard InChI is InChI=1S/C10H13N5O/c1-6(11-3)10-14-9(15-16-10)8-4-5-12-7(2)13-8/h4-6,11H,1-3H3. The van der Waals surface area contributed by atoms with E-state index in [1.807, 2.05) is 20.9 Å². The van der Waals surface area contributed by atoms with Gasteiger partial charge in [0.15, 0.2) is 0 Å². The first-order valence-corrected chi connectivity index (χ1v) is 5.01. The number of rotatable bonds is 3. The van der Waals surface area contributed by atoms with Crippen LogP contribution in [0.3, 0.4) is 0 Å². The fraction of sp³-hybridized carbons (Fsp3) is 0.400. The first-order valence-electron chi connectivity index (χ1n) is 5.01. The van der Waals surface area contributed by atoms with E-state index in [1.54, 1.807) is 12.3 Å². The van der Waals surface area contributed by atoms with Crippen LogP contribution in [-0.2, 0) is 0 Å². The SMILES string of the molecule is CNC(C)c1nc(-c2ccnc(C)n2)no1. The van der Waals surface area contributed by atoms with Crippen molar-refractivity contribution in [2.75, 3.05) is 7.05 Å². The molecule has 0 fully saturated rings. The van der Waals surface area contributed by atoms with Crippen molar-refractivity contribution in [1.29, 1.82) is 0 Å². The van der Waals surface area contributed by atoms with Gasteiger partial charge >= 0.3 is 0 Å². The number of nitrogens with zero attached hydrogens (tertiary/aromatic N) is 4. The van der Waals surface area contributed by atoms with E-state index in [0.717, 1.165) is 0 Å². The summed E-state index contributed by atoms with van der Waals surface area (Å²) >= 11 is 0. The Labute approximate surface area is 93.1 Å². The third-order valence-electron chi connectivity index (χ3n) is 2.25. The first-order chi connectivity index (χ1) is 7.70. The van der Waals surface area contributed by atoms with Gasteiger partial charge in [-0.3, -0.25) is 0 Å². The van der Waals surface area contributed by atoms with E-state index >= 15 is 0 Å². The minimum absolute atomic E-state index is 0.0317. The molecule has 0 spiro atoms. The van der Waals surface area contributed by atoms with Crippen LogP contribution in [0.1, 0.15) is 24.7 Å². The average Bonchev–Trinajstić information content (AvgIpc) is 2.77. The molecule has 84 valence electrons. The molecule has 0 radical (unpaired) electrons. The molecule has 1 N–H and O–H groups in total. The predicted octanol–water partition coefficient (Wildman–Crippen LogP) is 1.12. The molecule has 0 saturated carbocycles. The third kappa shape index (κ3) is 2.06. The van der Waals surface area contributed by atoms with Gasteiger partial charge in [0.2, 0.25) is 11.7 Å². The summed E-state index contributed by atoms with van der Waals surface area (Å²) < 4.78 is 5.13. The van der Waals surface area contributed by atoms with Crippen LogP contribution in [0.5, 0.6) is 0 Å². The first kappa shape index (κ1) is 10.7. The molecule has 2 heterocycles. The van der Waals surface area contributed by atoms with E-state index in [1.165, 1.54) is 0 Å². The Balaban J connectivity index is 2.31. The Morgan fingerprint density at radius 1 is 1.38 bits per heavy atom. The Kier molecular flexibility index (Phi) is 2.91. The smallest absolute Gasteiger partial charge is 0.243 e. The molecular formula is C10H13N5O. The van der Waals surface area contributed by atoms with Crippen molar-refractivity contribution < 1.29 is 4.52 Å². The maximum atomic E-state index is 5.13. The molecular weight excluding hydrogens is 206 g/mol. The highest BCUT2D eigenvalue weighted by Gasteiger charge is 2.14. The second-order valence-corrected chi connectivity index (χ2v) is 3.46. The van der Waals surface area contributed by atoms with Gasteiger partial charge in [-0.1, -0.05) is 5.16 Å². The quantitative estimate of drug-likeness (QED) is 0.833. The molecule has 0 aromatic carbocycles. The number of nitrogens with one attached hydrogen (secondary N) is 1. The van der Waals surface area contributed by atoms with Crippen LogP contribution in [0, 0.1) is 6.92 Å². The lowest BCUT2D eigenvalue weighted by atomic mass is 10.3. The van der Waals surface area contributed by atoms with Crippen molar-refractivity contribution in [2.45, 2.75) is 19.9 Å². The highest BCUT2D eigenvalue weighted by atomic mass is 16.5. The topological polar surface area (TPSA) is 76.7 Å². The van der Waals surface area contributed by atoms with Gasteiger partial charge in [0.1, 0.15) is 11.5 Å². The van der Waals surface area contributed by atoms with Gasteiger partial charge in [-0.15, -0.1) is 0 Å². The number of hydrogen-bond acceptors (Lipinski definition) is 6. The van der Waals surface area contributed by atoms with Gasteiger partial charge in [-0.25, -0.2) is 9.97 Å². The third-order valence-corrected chi connectivity index (χ3v) is 2.25. The van der Waals surface area contributed by atoms with E-state index in [2.05, 4.69) is 25.4 Å². The van der Waals surface area contributed by atoms with Crippen LogP contribution in [0.4, 0.5) is 0 Å². The molecule has 0 saturated heterocycles. The van der Waals surface area contributed by atoms with Crippen LogP contribution in [0.15, 0.2) is 16.8 Å². The summed E-state index contributed by atoms with van der Waals surface area (Å²) in [6, 6.07) is 1.79. The van der Waals surface area contributed by atoms with Crippen LogP contribution in [0.2, 0.25) is 0 Å².